The molecule has 8 rings (SSSR count). The first-order chi connectivity index (χ1) is 18.3. The number of fused-ring (bicyclic) bond motifs is 5. The third kappa shape index (κ3) is 3.01. The van der Waals surface area contributed by atoms with Gasteiger partial charge in [-0.25, -0.2) is 14.4 Å². The molecule has 2 saturated carbocycles. The van der Waals surface area contributed by atoms with Crippen molar-refractivity contribution in [2.45, 2.75) is 48.7 Å². The van der Waals surface area contributed by atoms with Gasteiger partial charge in [0.15, 0.2) is 5.82 Å². The lowest BCUT2D eigenvalue weighted by Gasteiger charge is -2.34. The summed E-state index contributed by atoms with van der Waals surface area (Å²) in [5.41, 5.74) is 1.13. The number of hydrogen-bond acceptors (Lipinski definition) is 6. The van der Waals surface area contributed by atoms with E-state index in [1.165, 1.54) is 0 Å². The Hall–Kier alpha value is -3.00. The first kappa shape index (κ1) is 22.9. The zero-order valence-corrected chi connectivity index (χ0v) is 22.2. The van der Waals surface area contributed by atoms with Crippen LogP contribution < -0.4 is 10.2 Å². The van der Waals surface area contributed by atoms with Gasteiger partial charge in [0, 0.05) is 41.7 Å². The second-order valence-electron chi connectivity index (χ2n) is 11.9. The minimum Gasteiger partial charge on any atom is -0.508 e. The summed E-state index contributed by atoms with van der Waals surface area (Å²) in [6.07, 6.45) is 4.30. The number of phenols is 1. The number of benzene rings is 3. The molecule has 2 N–H and O–H groups in total. The van der Waals surface area contributed by atoms with Crippen LogP contribution >= 0.6 is 11.6 Å². The number of nitrogens with zero attached hydrogens (tertiary/aromatic N) is 4. The number of nitrogens with one attached hydrogen (secondary N) is 1. The van der Waals surface area contributed by atoms with E-state index >= 15 is 4.39 Å². The van der Waals surface area contributed by atoms with Gasteiger partial charge in [0.05, 0.1) is 10.4 Å². The molecule has 3 heterocycles. The summed E-state index contributed by atoms with van der Waals surface area (Å²) in [7, 11) is 4.21. The third-order valence-electron chi connectivity index (χ3n) is 9.61. The Labute approximate surface area is 225 Å². The van der Waals surface area contributed by atoms with Crippen molar-refractivity contribution < 1.29 is 9.50 Å². The SMILES string of the molecule is CN(C)C12CC1(c1nc(N3CC4CCC(C3)N4)c3cc(Cl)c(-c4cc(O)cc5ccccc45)c(F)c3n1)C2. The Balaban J connectivity index is 1.37. The predicted molar refractivity (Wildman–Crippen MR) is 149 cm³/mol. The highest BCUT2D eigenvalue weighted by Gasteiger charge is 2.86. The molecule has 0 radical (unpaired) electrons. The largest absolute Gasteiger partial charge is 0.508 e. The number of rotatable bonds is 4. The Morgan fingerprint density at radius 3 is 2.50 bits per heavy atom. The van der Waals surface area contributed by atoms with Crippen LogP contribution in [0.15, 0.2) is 42.5 Å². The van der Waals surface area contributed by atoms with Crippen LogP contribution in [0.2, 0.25) is 5.02 Å². The van der Waals surface area contributed by atoms with E-state index in [0.29, 0.717) is 33.6 Å². The van der Waals surface area contributed by atoms with Gasteiger partial charge in [0.1, 0.15) is 22.9 Å². The number of hydrogen-bond donors (Lipinski definition) is 2. The Morgan fingerprint density at radius 1 is 1.05 bits per heavy atom. The fraction of sp³-hybridized carbons (Fsp3) is 0.400. The lowest BCUT2D eigenvalue weighted by molar-refractivity contribution is 0.333. The summed E-state index contributed by atoms with van der Waals surface area (Å²) < 4.78 is 16.7. The number of anilines is 1. The molecule has 38 heavy (non-hydrogen) atoms. The first-order valence-electron chi connectivity index (χ1n) is 13.4. The minimum atomic E-state index is -0.459. The zero-order chi connectivity index (χ0) is 26.0. The van der Waals surface area contributed by atoms with E-state index < -0.39 is 5.82 Å². The summed E-state index contributed by atoms with van der Waals surface area (Å²) in [6.45, 7) is 1.68. The standard InChI is InChI=1S/C30H29ClFN5O/c1-36(2)30-14-29(30,15-30)28-34-26-22(27(35-28)37-12-17-7-8-18(13-37)33-17)11-23(31)24(25(26)32)21-10-19(38)9-16-5-3-4-6-20(16)21/h3-6,9-11,17-18,33,38H,7-8,12-15H2,1-2H3. The second-order valence-corrected chi connectivity index (χ2v) is 12.3. The Morgan fingerprint density at radius 2 is 1.79 bits per heavy atom. The van der Waals surface area contributed by atoms with E-state index in [9.17, 15) is 5.11 Å². The number of likely N-dealkylation sites (N-methyl/N-ethyl adjacent to an activating group) is 1. The van der Waals surface area contributed by atoms with E-state index in [1.807, 2.05) is 30.3 Å². The molecular weight excluding hydrogens is 501 g/mol. The van der Waals surface area contributed by atoms with Crippen molar-refractivity contribution in [2.75, 3.05) is 32.1 Å². The van der Waals surface area contributed by atoms with Crippen molar-refractivity contribution in [2.24, 2.45) is 0 Å². The summed E-state index contributed by atoms with van der Waals surface area (Å²) in [4.78, 5) is 14.7. The van der Waals surface area contributed by atoms with Crippen molar-refractivity contribution in [3.8, 4) is 16.9 Å². The average molecular weight is 530 g/mol. The van der Waals surface area contributed by atoms with E-state index in [4.69, 9.17) is 21.6 Å². The van der Waals surface area contributed by atoms with Gasteiger partial charge in [0.25, 0.3) is 0 Å². The van der Waals surface area contributed by atoms with Crippen LogP contribution in [0.5, 0.6) is 5.75 Å². The maximum atomic E-state index is 16.7. The third-order valence-corrected chi connectivity index (χ3v) is 9.91. The molecule has 2 atom stereocenters. The predicted octanol–water partition coefficient (Wildman–Crippen LogP) is 5.23. The Kier molecular flexibility index (Phi) is 4.56. The minimum absolute atomic E-state index is 0.0697. The molecule has 0 amide bonds. The zero-order valence-electron chi connectivity index (χ0n) is 21.4. The lowest BCUT2D eigenvalue weighted by Crippen LogP contribution is -2.51. The fourth-order valence-corrected chi connectivity index (χ4v) is 7.62. The molecule has 0 spiro atoms. The second kappa shape index (κ2) is 7.56. The number of aromatic nitrogens is 2. The lowest BCUT2D eigenvalue weighted by atomic mass is 9.96. The highest BCUT2D eigenvalue weighted by molar-refractivity contribution is 6.35. The van der Waals surface area contributed by atoms with E-state index in [1.54, 1.807) is 12.1 Å². The van der Waals surface area contributed by atoms with Crippen LogP contribution in [0, 0.1) is 5.82 Å². The number of halogens is 2. The summed E-state index contributed by atoms with van der Waals surface area (Å²) in [5.74, 6) is 1.14. The molecule has 3 aromatic carbocycles. The number of phenolic OH excluding ortho intramolecular Hbond substituents is 1. The van der Waals surface area contributed by atoms with Gasteiger partial charge in [-0.1, -0.05) is 35.9 Å². The summed E-state index contributed by atoms with van der Waals surface area (Å²) >= 11 is 6.88. The van der Waals surface area contributed by atoms with Crippen molar-refractivity contribution in [1.82, 2.24) is 20.2 Å². The van der Waals surface area contributed by atoms with Gasteiger partial charge in [0.2, 0.25) is 0 Å². The first-order valence-corrected chi connectivity index (χ1v) is 13.8. The molecule has 2 aliphatic carbocycles. The molecule has 4 fully saturated rings. The molecule has 2 bridgehead atoms. The van der Waals surface area contributed by atoms with Gasteiger partial charge < -0.3 is 20.2 Å². The molecule has 1 aromatic heterocycles. The van der Waals surface area contributed by atoms with Crippen molar-refractivity contribution in [3.63, 3.8) is 0 Å². The van der Waals surface area contributed by atoms with Gasteiger partial charge in [-0.2, -0.15) is 0 Å². The van der Waals surface area contributed by atoms with Crippen molar-refractivity contribution >= 4 is 39.1 Å². The molecule has 194 valence electrons. The Bertz CT molecular complexity index is 1650. The van der Waals surface area contributed by atoms with Crippen LogP contribution in [0.4, 0.5) is 10.2 Å². The fourth-order valence-electron chi connectivity index (χ4n) is 7.32. The maximum absolute atomic E-state index is 16.7. The molecular formula is C30H29ClFN5O. The summed E-state index contributed by atoms with van der Waals surface area (Å²) in [5, 5.41) is 16.8. The van der Waals surface area contributed by atoms with Gasteiger partial charge >= 0.3 is 0 Å². The van der Waals surface area contributed by atoms with Crippen molar-refractivity contribution in [1.29, 1.82) is 0 Å². The van der Waals surface area contributed by atoms with Gasteiger partial charge in [-0.3, -0.25) is 0 Å². The highest BCUT2D eigenvalue weighted by atomic mass is 35.5. The molecule has 4 aromatic rings. The molecule has 6 nitrogen and oxygen atoms in total. The van der Waals surface area contributed by atoms with Crippen LogP contribution in [0.25, 0.3) is 32.8 Å². The topological polar surface area (TPSA) is 64.5 Å². The van der Waals surface area contributed by atoms with Gasteiger partial charge in [-0.15, -0.1) is 0 Å². The van der Waals surface area contributed by atoms with E-state index in [-0.39, 0.29) is 22.3 Å². The van der Waals surface area contributed by atoms with Crippen LogP contribution in [-0.2, 0) is 5.41 Å². The number of aromatic hydroxyl groups is 1. The summed E-state index contributed by atoms with van der Waals surface area (Å²) in [6, 6.07) is 13.6. The van der Waals surface area contributed by atoms with Crippen LogP contribution in [0.3, 0.4) is 0 Å². The van der Waals surface area contributed by atoms with Crippen LogP contribution in [-0.4, -0.2) is 64.8 Å². The quantitative estimate of drug-likeness (QED) is 0.377. The maximum Gasteiger partial charge on any atom is 0.158 e. The van der Waals surface area contributed by atoms with Crippen LogP contribution in [0.1, 0.15) is 31.5 Å². The molecule has 2 aliphatic heterocycles. The molecule has 8 heteroatoms. The van der Waals surface area contributed by atoms with Gasteiger partial charge in [-0.05, 0) is 74.3 Å². The number of piperazine rings is 1. The smallest absolute Gasteiger partial charge is 0.158 e. The monoisotopic (exact) mass is 529 g/mol. The average Bonchev–Trinajstić information content (AvgIpc) is 3.71. The molecule has 2 saturated heterocycles. The molecule has 4 aliphatic rings. The van der Waals surface area contributed by atoms with E-state index in [2.05, 4.69) is 29.2 Å². The van der Waals surface area contributed by atoms with E-state index in [0.717, 1.165) is 61.2 Å². The molecule has 2 unspecified atom stereocenters. The highest BCUT2D eigenvalue weighted by Crippen LogP contribution is 2.80. The van der Waals surface area contributed by atoms with Crippen molar-refractivity contribution in [3.05, 3.63) is 59.1 Å². The normalized spacial score (nSPS) is 29.3.